The lowest BCUT2D eigenvalue weighted by molar-refractivity contribution is 1.07. The first-order chi connectivity index (χ1) is 25.3. The summed E-state index contributed by atoms with van der Waals surface area (Å²) in [6.45, 7) is 0. The van der Waals surface area contributed by atoms with Crippen molar-refractivity contribution in [2.24, 2.45) is 0 Å². The van der Waals surface area contributed by atoms with Crippen LogP contribution in [0.25, 0.3) is 94.6 Å². The summed E-state index contributed by atoms with van der Waals surface area (Å²) < 4.78 is 2.40. The average molecular weight is 652 g/mol. The van der Waals surface area contributed by atoms with Crippen molar-refractivity contribution in [2.45, 2.75) is 0 Å². The van der Waals surface area contributed by atoms with Gasteiger partial charge >= 0.3 is 0 Å². The summed E-state index contributed by atoms with van der Waals surface area (Å²) in [6, 6.07) is 60.9. The standard InChI is InChI=1S/C46H29N5/c1-4-14-31(15-5-1)44-48-45(32-16-6-2-7-17-32)50-46(49-44)33-26-24-30(25-27-33)42-38-29-28-36-35-20-11-13-23-40(35)51(34-18-8-3-9-19-34)43(36)41(38)37-21-10-12-22-39(37)47-42/h1-29H. The fourth-order valence-electron chi connectivity index (χ4n) is 7.27. The van der Waals surface area contributed by atoms with Crippen LogP contribution >= 0.6 is 0 Å². The van der Waals surface area contributed by atoms with Crippen molar-refractivity contribution in [3.8, 4) is 51.1 Å². The van der Waals surface area contributed by atoms with E-state index >= 15 is 0 Å². The molecule has 5 heteroatoms. The summed E-state index contributed by atoms with van der Waals surface area (Å²) in [5, 5.41) is 5.87. The Kier molecular flexibility index (Phi) is 6.74. The summed E-state index contributed by atoms with van der Waals surface area (Å²) in [4.78, 5) is 20.1. The first-order valence-corrected chi connectivity index (χ1v) is 17.1. The Hall–Kier alpha value is -6.98. The number of hydrogen-bond acceptors (Lipinski definition) is 4. The molecule has 0 aliphatic rings. The maximum absolute atomic E-state index is 5.30. The second-order valence-corrected chi connectivity index (χ2v) is 12.7. The Morgan fingerprint density at radius 2 is 0.824 bits per heavy atom. The molecule has 10 rings (SSSR count). The molecule has 51 heavy (non-hydrogen) atoms. The van der Waals surface area contributed by atoms with Crippen molar-refractivity contribution in [2.75, 3.05) is 0 Å². The zero-order chi connectivity index (χ0) is 33.7. The maximum Gasteiger partial charge on any atom is 0.164 e. The highest BCUT2D eigenvalue weighted by atomic mass is 15.0. The number of fused-ring (bicyclic) bond motifs is 7. The first kappa shape index (κ1) is 29.0. The predicted molar refractivity (Wildman–Crippen MR) is 209 cm³/mol. The van der Waals surface area contributed by atoms with Crippen LogP contribution in [0.1, 0.15) is 0 Å². The van der Waals surface area contributed by atoms with Crippen LogP contribution in [0, 0.1) is 0 Å². The largest absolute Gasteiger partial charge is 0.309 e. The number of aromatic nitrogens is 5. The van der Waals surface area contributed by atoms with Crippen LogP contribution in [-0.4, -0.2) is 24.5 Å². The summed E-state index contributed by atoms with van der Waals surface area (Å²) >= 11 is 0. The zero-order valence-electron chi connectivity index (χ0n) is 27.5. The Morgan fingerprint density at radius 3 is 1.47 bits per heavy atom. The van der Waals surface area contributed by atoms with E-state index in [9.17, 15) is 0 Å². The van der Waals surface area contributed by atoms with Crippen molar-refractivity contribution in [3.05, 3.63) is 176 Å². The van der Waals surface area contributed by atoms with Crippen LogP contribution in [-0.2, 0) is 0 Å². The van der Waals surface area contributed by atoms with Crippen LogP contribution in [0.5, 0.6) is 0 Å². The molecule has 0 saturated carbocycles. The number of hydrogen-bond donors (Lipinski definition) is 0. The Balaban J connectivity index is 1.18. The molecule has 0 bridgehead atoms. The summed E-state index contributed by atoms with van der Waals surface area (Å²) in [5.41, 5.74) is 9.21. The van der Waals surface area contributed by atoms with E-state index in [0.717, 1.165) is 49.9 Å². The molecule has 0 unspecified atom stereocenters. The quantitative estimate of drug-likeness (QED) is 0.174. The molecule has 0 radical (unpaired) electrons. The van der Waals surface area contributed by atoms with E-state index in [1.54, 1.807) is 0 Å². The van der Waals surface area contributed by atoms with Crippen molar-refractivity contribution in [1.82, 2.24) is 24.5 Å². The first-order valence-electron chi connectivity index (χ1n) is 17.1. The smallest absolute Gasteiger partial charge is 0.164 e. The molecule has 0 fully saturated rings. The molecule has 0 N–H and O–H groups in total. The van der Waals surface area contributed by atoms with Crippen molar-refractivity contribution in [3.63, 3.8) is 0 Å². The summed E-state index contributed by atoms with van der Waals surface area (Å²) in [5.74, 6) is 1.91. The lowest BCUT2D eigenvalue weighted by Gasteiger charge is -2.14. The van der Waals surface area contributed by atoms with E-state index in [0.29, 0.717) is 17.5 Å². The van der Waals surface area contributed by atoms with Gasteiger partial charge in [-0.25, -0.2) is 19.9 Å². The van der Waals surface area contributed by atoms with Gasteiger partial charge in [0.2, 0.25) is 0 Å². The molecule has 238 valence electrons. The van der Waals surface area contributed by atoms with Gasteiger partial charge in [-0.05, 0) is 24.3 Å². The SMILES string of the molecule is c1ccc(-c2nc(-c3ccccc3)nc(-c3ccc(-c4nc5ccccc5c5c4ccc4c6ccccc6n(-c6ccccc6)c45)cc3)n2)cc1. The van der Waals surface area contributed by atoms with E-state index in [1.165, 1.54) is 27.2 Å². The molecule has 0 amide bonds. The van der Waals surface area contributed by atoms with E-state index in [2.05, 4.69) is 120 Å². The highest BCUT2D eigenvalue weighted by Gasteiger charge is 2.20. The van der Waals surface area contributed by atoms with Gasteiger partial charge in [0, 0.05) is 54.9 Å². The molecular formula is C46H29N5. The van der Waals surface area contributed by atoms with Gasteiger partial charge in [0.05, 0.1) is 22.2 Å². The van der Waals surface area contributed by atoms with Gasteiger partial charge in [0.25, 0.3) is 0 Å². The van der Waals surface area contributed by atoms with Gasteiger partial charge in [0.1, 0.15) is 0 Å². The molecular weight excluding hydrogens is 623 g/mol. The normalized spacial score (nSPS) is 11.5. The van der Waals surface area contributed by atoms with E-state index in [4.69, 9.17) is 19.9 Å². The number of benzene rings is 7. The maximum atomic E-state index is 5.30. The third-order valence-electron chi connectivity index (χ3n) is 9.63. The van der Waals surface area contributed by atoms with Gasteiger partial charge in [-0.3, -0.25) is 0 Å². The van der Waals surface area contributed by atoms with Crippen LogP contribution < -0.4 is 0 Å². The Bertz CT molecular complexity index is 2820. The lowest BCUT2D eigenvalue weighted by atomic mass is 9.97. The van der Waals surface area contributed by atoms with Crippen LogP contribution in [0.3, 0.4) is 0 Å². The van der Waals surface area contributed by atoms with Crippen molar-refractivity contribution in [1.29, 1.82) is 0 Å². The third-order valence-corrected chi connectivity index (χ3v) is 9.63. The third kappa shape index (κ3) is 4.86. The topological polar surface area (TPSA) is 56.5 Å². The molecule has 5 nitrogen and oxygen atoms in total. The van der Waals surface area contributed by atoms with E-state index in [1.807, 2.05) is 60.7 Å². The summed E-state index contributed by atoms with van der Waals surface area (Å²) in [7, 11) is 0. The molecule has 7 aromatic carbocycles. The second-order valence-electron chi connectivity index (χ2n) is 12.7. The number of nitrogens with zero attached hydrogens (tertiary/aromatic N) is 5. The molecule has 3 aromatic heterocycles. The second kappa shape index (κ2) is 11.9. The van der Waals surface area contributed by atoms with Crippen LogP contribution in [0.15, 0.2) is 176 Å². The molecule has 0 aliphatic heterocycles. The summed E-state index contributed by atoms with van der Waals surface area (Å²) in [6.07, 6.45) is 0. The average Bonchev–Trinajstić information content (AvgIpc) is 3.56. The molecule has 0 spiro atoms. The Labute approximate surface area is 294 Å². The Morgan fingerprint density at radius 1 is 0.333 bits per heavy atom. The predicted octanol–water partition coefficient (Wildman–Crippen LogP) is 11.3. The van der Waals surface area contributed by atoms with Crippen LogP contribution in [0.4, 0.5) is 0 Å². The highest BCUT2D eigenvalue weighted by Crippen LogP contribution is 2.42. The molecule has 0 saturated heterocycles. The van der Waals surface area contributed by atoms with Crippen LogP contribution in [0.2, 0.25) is 0 Å². The number of pyridine rings is 1. The van der Waals surface area contributed by atoms with Gasteiger partial charge in [0.15, 0.2) is 17.5 Å². The molecule has 3 heterocycles. The van der Waals surface area contributed by atoms with Crippen molar-refractivity contribution < 1.29 is 0 Å². The minimum Gasteiger partial charge on any atom is -0.309 e. The molecule has 0 atom stereocenters. The minimum absolute atomic E-state index is 0.625. The monoisotopic (exact) mass is 651 g/mol. The van der Waals surface area contributed by atoms with E-state index in [-0.39, 0.29) is 0 Å². The molecule has 0 aliphatic carbocycles. The zero-order valence-corrected chi connectivity index (χ0v) is 27.5. The number of rotatable bonds is 5. The lowest BCUT2D eigenvalue weighted by Crippen LogP contribution is -2.00. The van der Waals surface area contributed by atoms with Gasteiger partial charge in [-0.15, -0.1) is 0 Å². The van der Waals surface area contributed by atoms with E-state index < -0.39 is 0 Å². The van der Waals surface area contributed by atoms with Gasteiger partial charge in [-0.2, -0.15) is 0 Å². The van der Waals surface area contributed by atoms with Gasteiger partial charge < -0.3 is 4.57 Å². The number of para-hydroxylation sites is 3. The van der Waals surface area contributed by atoms with Gasteiger partial charge in [-0.1, -0.05) is 152 Å². The fourth-order valence-corrected chi connectivity index (χ4v) is 7.27. The van der Waals surface area contributed by atoms with Crippen molar-refractivity contribution >= 4 is 43.5 Å². The fraction of sp³-hybridized carbons (Fsp3) is 0. The highest BCUT2D eigenvalue weighted by molar-refractivity contribution is 6.26. The molecule has 10 aromatic rings. The minimum atomic E-state index is 0.625.